The number of nitrogens with one attached hydrogen (secondary N) is 2. The van der Waals surface area contributed by atoms with E-state index in [1.165, 1.54) is 0 Å². The van der Waals surface area contributed by atoms with Gasteiger partial charge in [0.25, 0.3) is 0 Å². The van der Waals surface area contributed by atoms with Crippen molar-refractivity contribution in [2.45, 2.75) is 26.3 Å². The van der Waals surface area contributed by atoms with E-state index in [-0.39, 0.29) is 23.8 Å². The Balaban J connectivity index is 2.27. The van der Waals surface area contributed by atoms with E-state index in [2.05, 4.69) is 10.6 Å². The van der Waals surface area contributed by atoms with Crippen LogP contribution in [0.2, 0.25) is 0 Å². The Labute approximate surface area is 89.8 Å². The van der Waals surface area contributed by atoms with Crippen molar-refractivity contribution in [3.63, 3.8) is 0 Å². The number of carbonyl (C=O) groups excluding carboxylic acids is 2. The second kappa shape index (κ2) is 5.11. The van der Waals surface area contributed by atoms with E-state index in [1.54, 1.807) is 0 Å². The molecule has 0 bridgehead atoms. The number of rotatable bonds is 4. The molecule has 5 nitrogen and oxygen atoms in total. The molecule has 0 aromatic heterocycles. The third-order valence-electron chi connectivity index (χ3n) is 2.72. The highest BCUT2D eigenvalue weighted by atomic mass is 16.2. The molecule has 0 aliphatic carbocycles. The Morgan fingerprint density at radius 1 is 1.67 bits per heavy atom. The average Bonchev–Trinajstić information content (AvgIpc) is 2.60. The van der Waals surface area contributed by atoms with E-state index >= 15 is 0 Å². The molecule has 0 saturated carbocycles. The largest absolute Gasteiger partial charge is 0.355 e. The Morgan fingerprint density at radius 3 is 2.80 bits per heavy atom. The molecular weight excluding hydrogens is 194 g/mol. The zero-order chi connectivity index (χ0) is 11.4. The Hall–Kier alpha value is -1.10. The predicted octanol–water partition coefficient (Wildman–Crippen LogP) is -0.778. The quantitative estimate of drug-likeness (QED) is 0.573. The molecule has 5 heteroatoms. The fraction of sp³-hybridized carbons (Fsp3) is 0.800. The van der Waals surface area contributed by atoms with E-state index < -0.39 is 0 Å². The highest BCUT2D eigenvalue weighted by Crippen LogP contribution is 2.08. The molecule has 1 rings (SSSR count). The minimum absolute atomic E-state index is 0.0287. The minimum atomic E-state index is -0.225. The van der Waals surface area contributed by atoms with E-state index in [4.69, 9.17) is 5.73 Å². The summed E-state index contributed by atoms with van der Waals surface area (Å²) in [7, 11) is 0. The van der Waals surface area contributed by atoms with Gasteiger partial charge < -0.3 is 16.4 Å². The smallest absolute Gasteiger partial charge is 0.225 e. The molecule has 1 saturated heterocycles. The van der Waals surface area contributed by atoms with Gasteiger partial charge >= 0.3 is 0 Å². The number of nitrogens with two attached hydrogens (primary N) is 1. The van der Waals surface area contributed by atoms with Gasteiger partial charge in [0.1, 0.15) is 0 Å². The van der Waals surface area contributed by atoms with Crippen LogP contribution in [-0.4, -0.2) is 30.9 Å². The topological polar surface area (TPSA) is 84.2 Å². The summed E-state index contributed by atoms with van der Waals surface area (Å²) >= 11 is 0. The number of hydrogen-bond donors (Lipinski definition) is 3. The van der Waals surface area contributed by atoms with Gasteiger partial charge in [-0.3, -0.25) is 9.59 Å². The van der Waals surface area contributed by atoms with Crippen LogP contribution in [0, 0.1) is 11.8 Å². The van der Waals surface area contributed by atoms with Crippen molar-refractivity contribution < 1.29 is 9.59 Å². The Morgan fingerprint density at radius 2 is 2.33 bits per heavy atom. The molecule has 1 heterocycles. The van der Waals surface area contributed by atoms with E-state index in [0.717, 1.165) is 0 Å². The van der Waals surface area contributed by atoms with Crippen LogP contribution in [-0.2, 0) is 9.59 Å². The lowest BCUT2D eigenvalue weighted by Gasteiger charge is -2.17. The number of amides is 2. The van der Waals surface area contributed by atoms with Gasteiger partial charge in [-0.05, 0) is 5.92 Å². The first-order chi connectivity index (χ1) is 7.00. The maximum atomic E-state index is 11.6. The molecule has 1 aliphatic rings. The van der Waals surface area contributed by atoms with Crippen molar-refractivity contribution in [2.75, 3.05) is 13.1 Å². The summed E-state index contributed by atoms with van der Waals surface area (Å²) < 4.78 is 0. The molecule has 0 spiro atoms. The summed E-state index contributed by atoms with van der Waals surface area (Å²) in [5, 5.41) is 5.40. The zero-order valence-electron chi connectivity index (χ0n) is 9.25. The lowest BCUT2D eigenvalue weighted by molar-refractivity contribution is -0.126. The molecule has 15 heavy (non-hydrogen) atoms. The van der Waals surface area contributed by atoms with Crippen LogP contribution in [0.4, 0.5) is 0 Å². The van der Waals surface area contributed by atoms with Gasteiger partial charge in [-0.1, -0.05) is 13.8 Å². The lowest BCUT2D eigenvalue weighted by Crippen LogP contribution is -2.42. The van der Waals surface area contributed by atoms with Gasteiger partial charge in [-0.2, -0.15) is 0 Å². The van der Waals surface area contributed by atoms with E-state index in [1.807, 2.05) is 13.8 Å². The first kappa shape index (κ1) is 12.0. The summed E-state index contributed by atoms with van der Waals surface area (Å²) in [4.78, 5) is 22.4. The van der Waals surface area contributed by atoms with Crippen LogP contribution < -0.4 is 16.4 Å². The lowest BCUT2D eigenvalue weighted by atomic mass is 10.0. The fourth-order valence-corrected chi connectivity index (χ4v) is 1.39. The van der Waals surface area contributed by atoms with Crippen molar-refractivity contribution in [2.24, 2.45) is 17.6 Å². The molecule has 0 aromatic rings. The van der Waals surface area contributed by atoms with Gasteiger partial charge in [-0.25, -0.2) is 0 Å². The van der Waals surface area contributed by atoms with Crippen LogP contribution in [0.1, 0.15) is 20.3 Å². The summed E-state index contributed by atoms with van der Waals surface area (Å²) in [6, 6.07) is -0.0287. The Kier molecular flexibility index (Phi) is 4.08. The van der Waals surface area contributed by atoms with Gasteiger partial charge in [0.15, 0.2) is 0 Å². The van der Waals surface area contributed by atoms with Crippen LogP contribution >= 0.6 is 0 Å². The van der Waals surface area contributed by atoms with Crippen LogP contribution in [0.3, 0.4) is 0 Å². The third kappa shape index (κ3) is 3.51. The molecule has 1 fully saturated rings. The van der Waals surface area contributed by atoms with Gasteiger partial charge in [0.2, 0.25) is 11.8 Å². The molecule has 2 atom stereocenters. The highest BCUT2D eigenvalue weighted by Gasteiger charge is 2.27. The van der Waals surface area contributed by atoms with Crippen LogP contribution in [0.15, 0.2) is 0 Å². The first-order valence-corrected chi connectivity index (χ1v) is 5.30. The van der Waals surface area contributed by atoms with Crippen molar-refractivity contribution in [3.05, 3.63) is 0 Å². The van der Waals surface area contributed by atoms with Crippen molar-refractivity contribution >= 4 is 11.8 Å². The van der Waals surface area contributed by atoms with Gasteiger partial charge in [0, 0.05) is 25.6 Å². The number of carbonyl (C=O) groups is 2. The standard InChI is InChI=1S/C10H19N3O2/c1-6(2)8(11)5-13-10(15)7-3-9(14)12-4-7/h6-8H,3-5,11H2,1-2H3,(H,12,14)(H,13,15). The molecule has 0 radical (unpaired) electrons. The minimum Gasteiger partial charge on any atom is -0.355 e. The predicted molar refractivity (Wildman–Crippen MR) is 56.9 cm³/mol. The molecular formula is C10H19N3O2. The molecule has 2 amide bonds. The maximum Gasteiger partial charge on any atom is 0.225 e. The fourth-order valence-electron chi connectivity index (χ4n) is 1.39. The Bertz CT molecular complexity index is 253. The third-order valence-corrected chi connectivity index (χ3v) is 2.72. The second-order valence-corrected chi connectivity index (χ2v) is 4.36. The summed E-state index contributed by atoms with van der Waals surface area (Å²) in [5.41, 5.74) is 5.79. The molecule has 4 N–H and O–H groups in total. The van der Waals surface area contributed by atoms with Gasteiger partial charge in [0.05, 0.1) is 5.92 Å². The van der Waals surface area contributed by atoms with E-state index in [9.17, 15) is 9.59 Å². The zero-order valence-corrected chi connectivity index (χ0v) is 9.25. The van der Waals surface area contributed by atoms with E-state index in [0.29, 0.717) is 25.4 Å². The molecule has 1 aliphatic heterocycles. The summed E-state index contributed by atoms with van der Waals surface area (Å²) in [6.07, 6.45) is 0.294. The first-order valence-electron chi connectivity index (χ1n) is 5.30. The number of hydrogen-bond acceptors (Lipinski definition) is 3. The molecule has 86 valence electrons. The van der Waals surface area contributed by atoms with Crippen molar-refractivity contribution in [1.29, 1.82) is 0 Å². The maximum absolute atomic E-state index is 11.6. The highest BCUT2D eigenvalue weighted by molar-refractivity contribution is 5.89. The normalized spacial score (nSPS) is 22.7. The van der Waals surface area contributed by atoms with Gasteiger partial charge in [-0.15, -0.1) is 0 Å². The van der Waals surface area contributed by atoms with Crippen molar-refractivity contribution in [1.82, 2.24) is 10.6 Å². The molecule has 2 unspecified atom stereocenters. The summed E-state index contributed by atoms with van der Waals surface area (Å²) in [5.74, 6) is -0.0155. The van der Waals surface area contributed by atoms with Crippen LogP contribution in [0.25, 0.3) is 0 Å². The monoisotopic (exact) mass is 213 g/mol. The average molecular weight is 213 g/mol. The molecule has 0 aromatic carbocycles. The SMILES string of the molecule is CC(C)C(N)CNC(=O)C1CNC(=O)C1. The van der Waals surface area contributed by atoms with Crippen LogP contribution in [0.5, 0.6) is 0 Å². The van der Waals surface area contributed by atoms with Crippen molar-refractivity contribution in [3.8, 4) is 0 Å². The second-order valence-electron chi connectivity index (χ2n) is 4.36. The summed E-state index contributed by atoms with van der Waals surface area (Å²) in [6.45, 7) is 4.94.